The molecule has 2 rings (SSSR count). The highest BCUT2D eigenvalue weighted by molar-refractivity contribution is 7.09. The van der Waals surface area contributed by atoms with Crippen LogP contribution < -0.4 is 5.73 Å². The van der Waals surface area contributed by atoms with Crippen molar-refractivity contribution in [1.82, 2.24) is 4.98 Å². The molecule has 90 valence electrons. The van der Waals surface area contributed by atoms with Gasteiger partial charge in [-0.1, -0.05) is 23.7 Å². The van der Waals surface area contributed by atoms with Crippen molar-refractivity contribution in [2.45, 2.75) is 19.4 Å². The third-order valence-corrected chi connectivity index (χ3v) is 3.59. The lowest BCUT2D eigenvalue weighted by Gasteiger charge is -2.12. The van der Waals surface area contributed by atoms with Crippen molar-refractivity contribution in [3.63, 3.8) is 0 Å². The minimum absolute atomic E-state index is 0.104. The van der Waals surface area contributed by atoms with Crippen LogP contribution in [0.1, 0.15) is 22.3 Å². The molecule has 0 fully saturated rings. The van der Waals surface area contributed by atoms with Gasteiger partial charge in [-0.15, -0.1) is 11.3 Å². The summed E-state index contributed by atoms with van der Waals surface area (Å²) in [6, 6.07) is 4.45. The largest absolute Gasteiger partial charge is 0.324 e. The maximum absolute atomic E-state index is 13.7. The first kappa shape index (κ1) is 12.5. The molecule has 0 bridgehead atoms. The van der Waals surface area contributed by atoms with E-state index in [1.165, 1.54) is 6.07 Å². The SMILES string of the molecule is Cc1nc(CC(N)c2cccc(Cl)c2F)cs1. The molecule has 2 aromatic rings. The van der Waals surface area contributed by atoms with Gasteiger partial charge in [-0.3, -0.25) is 0 Å². The predicted molar refractivity (Wildman–Crippen MR) is 68.9 cm³/mol. The van der Waals surface area contributed by atoms with E-state index in [2.05, 4.69) is 4.98 Å². The Labute approximate surface area is 108 Å². The highest BCUT2D eigenvalue weighted by Gasteiger charge is 2.15. The fourth-order valence-electron chi connectivity index (χ4n) is 1.64. The number of aromatic nitrogens is 1. The van der Waals surface area contributed by atoms with Crippen molar-refractivity contribution in [3.8, 4) is 0 Å². The number of hydrogen-bond donors (Lipinski definition) is 1. The maximum atomic E-state index is 13.7. The molecule has 0 aliphatic carbocycles. The standard InChI is InChI=1S/C12H12ClFN2S/c1-7-16-8(6-17-7)5-11(15)9-3-2-4-10(13)12(9)14/h2-4,6,11H,5,15H2,1H3. The van der Waals surface area contributed by atoms with Gasteiger partial charge in [0, 0.05) is 23.4 Å². The van der Waals surface area contributed by atoms with E-state index in [1.807, 2.05) is 12.3 Å². The average Bonchev–Trinajstić information content (AvgIpc) is 2.68. The number of thiazole rings is 1. The van der Waals surface area contributed by atoms with Crippen LogP contribution in [0.25, 0.3) is 0 Å². The first-order chi connectivity index (χ1) is 8.08. The maximum Gasteiger partial charge on any atom is 0.146 e. The summed E-state index contributed by atoms with van der Waals surface area (Å²) < 4.78 is 13.7. The Kier molecular flexibility index (Phi) is 3.76. The Morgan fingerprint density at radius 3 is 2.94 bits per heavy atom. The van der Waals surface area contributed by atoms with Gasteiger partial charge in [-0.25, -0.2) is 9.37 Å². The normalized spacial score (nSPS) is 12.7. The van der Waals surface area contributed by atoms with E-state index in [0.717, 1.165) is 10.7 Å². The molecule has 5 heteroatoms. The summed E-state index contributed by atoms with van der Waals surface area (Å²) in [6.45, 7) is 1.93. The molecule has 0 saturated carbocycles. The topological polar surface area (TPSA) is 38.9 Å². The van der Waals surface area contributed by atoms with Crippen molar-refractivity contribution in [2.24, 2.45) is 5.73 Å². The van der Waals surface area contributed by atoms with Gasteiger partial charge in [0.15, 0.2) is 0 Å². The van der Waals surface area contributed by atoms with E-state index in [0.29, 0.717) is 12.0 Å². The Bertz CT molecular complexity index is 527. The minimum atomic E-state index is -0.436. The van der Waals surface area contributed by atoms with Crippen LogP contribution in [0.3, 0.4) is 0 Å². The Morgan fingerprint density at radius 2 is 2.29 bits per heavy atom. The van der Waals surface area contributed by atoms with Gasteiger partial charge in [0.05, 0.1) is 15.7 Å². The van der Waals surface area contributed by atoms with Gasteiger partial charge in [-0.2, -0.15) is 0 Å². The zero-order valence-electron chi connectivity index (χ0n) is 9.28. The molecule has 17 heavy (non-hydrogen) atoms. The quantitative estimate of drug-likeness (QED) is 0.927. The van der Waals surface area contributed by atoms with Gasteiger partial charge < -0.3 is 5.73 Å². The van der Waals surface area contributed by atoms with Crippen LogP contribution in [0, 0.1) is 12.7 Å². The summed E-state index contributed by atoms with van der Waals surface area (Å²) in [4.78, 5) is 4.31. The monoisotopic (exact) mass is 270 g/mol. The lowest BCUT2D eigenvalue weighted by molar-refractivity contribution is 0.579. The van der Waals surface area contributed by atoms with E-state index in [9.17, 15) is 4.39 Å². The smallest absolute Gasteiger partial charge is 0.146 e. The number of nitrogens with zero attached hydrogens (tertiary/aromatic N) is 1. The van der Waals surface area contributed by atoms with Crippen molar-refractivity contribution in [1.29, 1.82) is 0 Å². The molecular weight excluding hydrogens is 259 g/mol. The summed E-state index contributed by atoms with van der Waals surface area (Å²) in [5.41, 5.74) is 7.29. The highest BCUT2D eigenvalue weighted by atomic mass is 35.5. The number of benzene rings is 1. The number of aryl methyl sites for hydroxylation is 1. The van der Waals surface area contributed by atoms with Crippen LogP contribution in [0.5, 0.6) is 0 Å². The number of halogens is 2. The molecule has 1 aromatic carbocycles. The van der Waals surface area contributed by atoms with Crippen molar-refractivity contribution in [2.75, 3.05) is 0 Å². The fraction of sp³-hybridized carbons (Fsp3) is 0.250. The van der Waals surface area contributed by atoms with Crippen molar-refractivity contribution in [3.05, 3.63) is 50.7 Å². The second kappa shape index (κ2) is 5.12. The molecule has 1 heterocycles. The van der Waals surface area contributed by atoms with Gasteiger partial charge in [0.2, 0.25) is 0 Å². The number of nitrogens with two attached hydrogens (primary N) is 1. The van der Waals surface area contributed by atoms with E-state index in [-0.39, 0.29) is 5.02 Å². The van der Waals surface area contributed by atoms with Crippen molar-refractivity contribution < 1.29 is 4.39 Å². The zero-order chi connectivity index (χ0) is 12.4. The first-order valence-corrected chi connectivity index (χ1v) is 6.44. The Hall–Kier alpha value is -0.970. The Balaban J connectivity index is 2.20. The van der Waals surface area contributed by atoms with Crippen LogP contribution in [0.2, 0.25) is 5.02 Å². The summed E-state index contributed by atoms with van der Waals surface area (Å²) in [7, 11) is 0. The van der Waals surface area contributed by atoms with Crippen molar-refractivity contribution >= 4 is 22.9 Å². The summed E-state index contributed by atoms with van der Waals surface area (Å²) in [6.07, 6.45) is 0.515. The summed E-state index contributed by atoms with van der Waals surface area (Å²) >= 11 is 7.28. The lowest BCUT2D eigenvalue weighted by Crippen LogP contribution is -2.15. The molecule has 1 atom stereocenters. The molecule has 1 aromatic heterocycles. The van der Waals surface area contributed by atoms with Crippen LogP contribution in [0.4, 0.5) is 4.39 Å². The third-order valence-electron chi connectivity index (χ3n) is 2.48. The summed E-state index contributed by atoms with van der Waals surface area (Å²) in [5, 5.41) is 3.03. The highest BCUT2D eigenvalue weighted by Crippen LogP contribution is 2.24. The van der Waals surface area contributed by atoms with Crippen LogP contribution >= 0.6 is 22.9 Å². The molecule has 0 amide bonds. The van der Waals surface area contributed by atoms with Gasteiger partial charge in [-0.05, 0) is 13.0 Å². The predicted octanol–water partition coefficient (Wildman–Crippen LogP) is 3.49. The molecule has 0 aliphatic rings. The number of hydrogen-bond acceptors (Lipinski definition) is 3. The summed E-state index contributed by atoms with van der Waals surface area (Å²) in [5.74, 6) is -0.436. The van der Waals surface area contributed by atoms with Crippen LogP contribution in [-0.2, 0) is 6.42 Å². The molecule has 0 aliphatic heterocycles. The molecule has 0 saturated heterocycles. The molecule has 0 spiro atoms. The van der Waals surface area contributed by atoms with E-state index in [4.69, 9.17) is 17.3 Å². The first-order valence-electron chi connectivity index (χ1n) is 5.18. The number of rotatable bonds is 3. The second-order valence-corrected chi connectivity index (χ2v) is 5.28. The van der Waals surface area contributed by atoms with Gasteiger partial charge >= 0.3 is 0 Å². The molecule has 2 nitrogen and oxygen atoms in total. The fourth-order valence-corrected chi connectivity index (χ4v) is 2.45. The lowest BCUT2D eigenvalue weighted by atomic mass is 10.0. The molecule has 2 N–H and O–H groups in total. The molecule has 1 unspecified atom stereocenters. The zero-order valence-corrected chi connectivity index (χ0v) is 10.9. The molecular formula is C12H12ClFN2S. The second-order valence-electron chi connectivity index (χ2n) is 3.81. The van der Waals surface area contributed by atoms with Gasteiger partial charge in [0.25, 0.3) is 0 Å². The van der Waals surface area contributed by atoms with E-state index < -0.39 is 11.9 Å². The van der Waals surface area contributed by atoms with E-state index >= 15 is 0 Å². The van der Waals surface area contributed by atoms with Crippen LogP contribution in [-0.4, -0.2) is 4.98 Å². The average molecular weight is 271 g/mol. The Morgan fingerprint density at radius 1 is 1.53 bits per heavy atom. The molecule has 0 radical (unpaired) electrons. The minimum Gasteiger partial charge on any atom is -0.324 e. The van der Waals surface area contributed by atoms with Crippen LogP contribution in [0.15, 0.2) is 23.6 Å². The van der Waals surface area contributed by atoms with Gasteiger partial charge in [0.1, 0.15) is 5.82 Å². The van der Waals surface area contributed by atoms with E-state index in [1.54, 1.807) is 23.5 Å². The third kappa shape index (κ3) is 2.83.